The summed E-state index contributed by atoms with van der Waals surface area (Å²) >= 11 is 0. The average Bonchev–Trinajstić information content (AvgIpc) is 3.29. The van der Waals surface area contributed by atoms with E-state index in [-0.39, 0.29) is 29.1 Å². The predicted molar refractivity (Wildman–Crippen MR) is 94.3 cm³/mol. The Kier molecular flexibility index (Phi) is 4.28. The van der Waals surface area contributed by atoms with Crippen LogP contribution in [0.25, 0.3) is 0 Å². The van der Waals surface area contributed by atoms with Gasteiger partial charge in [0.1, 0.15) is 0 Å². The first-order valence-corrected chi connectivity index (χ1v) is 9.32. The van der Waals surface area contributed by atoms with Crippen LogP contribution in [0.4, 0.5) is 0 Å². The van der Waals surface area contributed by atoms with E-state index >= 15 is 0 Å². The highest BCUT2D eigenvalue weighted by Crippen LogP contribution is 2.51. The lowest BCUT2D eigenvalue weighted by Gasteiger charge is -2.41. The monoisotopic (exact) mass is 342 g/mol. The molecule has 2 aliphatic heterocycles. The van der Waals surface area contributed by atoms with Crippen LogP contribution in [0.1, 0.15) is 42.7 Å². The van der Waals surface area contributed by atoms with E-state index < -0.39 is 0 Å². The molecule has 0 unspecified atom stereocenters. The average molecular weight is 342 g/mol. The molecule has 0 radical (unpaired) electrons. The summed E-state index contributed by atoms with van der Waals surface area (Å²) in [7, 11) is 1.71. The van der Waals surface area contributed by atoms with Gasteiger partial charge in [0.2, 0.25) is 11.8 Å². The molecule has 2 amide bonds. The highest BCUT2D eigenvalue weighted by Gasteiger charge is 2.48. The molecule has 1 spiro atoms. The number of carbonyl (C=O) groups is 2. The van der Waals surface area contributed by atoms with Crippen molar-refractivity contribution in [3.8, 4) is 0 Å². The van der Waals surface area contributed by atoms with Crippen LogP contribution in [-0.2, 0) is 19.7 Å². The van der Waals surface area contributed by atoms with Crippen LogP contribution in [0.3, 0.4) is 0 Å². The number of fused-ring (bicyclic) bond motifs is 2. The fourth-order valence-corrected chi connectivity index (χ4v) is 4.92. The Morgan fingerprint density at radius 3 is 2.68 bits per heavy atom. The first-order valence-electron chi connectivity index (χ1n) is 9.32. The summed E-state index contributed by atoms with van der Waals surface area (Å²) in [5.41, 5.74) is 2.53. The minimum absolute atomic E-state index is 0.0384. The molecule has 3 aliphatic rings. The highest BCUT2D eigenvalue weighted by atomic mass is 16.5. The van der Waals surface area contributed by atoms with Crippen LogP contribution in [0.2, 0.25) is 0 Å². The third kappa shape index (κ3) is 2.74. The standard InChI is InChI=1S/C20H26N2O3/c1-21-18(23)16-12-20(17-5-3-2-4-15(16)17)7-9-22(10-8-20)19(24)14-6-11-25-13-14/h2-5,14,16H,6-13H2,1H3,(H,21,23)/t14-,16+/m0/s1. The molecule has 1 N–H and O–H groups in total. The number of carbonyl (C=O) groups excluding carboxylic acids is 2. The number of ether oxygens (including phenoxy) is 1. The number of amides is 2. The molecule has 0 saturated carbocycles. The maximum atomic E-state index is 12.6. The lowest BCUT2D eigenvalue weighted by Crippen LogP contribution is -2.46. The molecule has 2 saturated heterocycles. The molecule has 4 rings (SSSR count). The largest absolute Gasteiger partial charge is 0.381 e. The summed E-state index contributed by atoms with van der Waals surface area (Å²) in [6, 6.07) is 8.37. The molecule has 5 nitrogen and oxygen atoms in total. The van der Waals surface area contributed by atoms with Gasteiger partial charge >= 0.3 is 0 Å². The minimum atomic E-state index is -0.0633. The van der Waals surface area contributed by atoms with Crippen molar-refractivity contribution < 1.29 is 14.3 Å². The second-order valence-electron chi connectivity index (χ2n) is 7.62. The zero-order valence-corrected chi connectivity index (χ0v) is 14.8. The van der Waals surface area contributed by atoms with Crippen LogP contribution >= 0.6 is 0 Å². The number of piperidine rings is 1. The number of nitrogens with zero attached hydrogens (tertiary/aromatic N) is 1. The van der Waals surface area contributed by atoms with E-state index in [2.05, 4.69) is 23.5 Å². The number of benzene rings is 1. The quantitative estimate of drug-likeness (QED) is 0.892. The number of hydrogen-bond acceptors (Lipinski definition) is 3. The topological polar surface area (TPSA) is 58.6 Å². The van der Waals surface area contributed by atoms with Crippen LogP contribution < -0.4 is 5.32 Å². The van der Waals surface area contributed by atoms with Gasteiger partial charge in [0.05, 0.1) is 18.4 Å². The number of nitrogens with one attached hydrogen (secondary N) is 1. The van der Waals surface area contributed by atoms with Crippen molar-refractivity contribution in [1.82, 2.24) is 10.2 Å². The SMILES string of the molecule is CNC(=O)[C@@H]1CC2(CCN(C(=O)[C@H]3CCOC3)CC2)c2ccccc21. The Morgan fingerprint density at radius 1 is 1.24 bits per heavy atom. The van der Waals surface area contributed by atoms with E-state index in [0.29, 0.717) is 13.2 Å². The number of rotatable bonds is 2. The molecule has 5 heteroatoms. The Labute approximate surface area is 148 Å². The predicted octanol–water partition coefficient (Wildman–Crippen LogP) is 1.82. The molecular weight excluding hydrogens is 316 g/mol. The molecule has 1 aromatic carbocycles. The van der Waals surface area contributed by atoms with E-state index in [1.807, 2.05) is 11.0 Å². The van der Waals surface area contributed by atoms with Crippen LogP contribution in [0.15, 0.2) is 24.3 Å². The van der Waals surface area contributed by atoms with Gasteiger partial charge in [-0.15, -0.1) is 0 Å². The summed E-state index contributed by atoms with van der Waals surface area (Å²) in [6.07, 6.45) is 3.59. The van der Waals surface area contributed by atoms with Gasteiger partial charge in [-0.25, -0.2) is 0 Å². The van der Waals surface area contributed by atoms with Crippen molar-refractivity contribution in [3.05, 3.63) is 35.4 Å². The minimum Gasteiger partial charge on any atom is -0.381 e. The van der Waals surface area contributed by atoms with Gasteiger partial charge in [0.15, 0.2) is 0 Å². The molecule has 2 atom stereocenters. The zero-order chi connectivity index (χ0) is 17.4. The first kappa shape index (κ1) is 16.6. The molecule has 2 fully saturated rings. The first-order chi connectivity index (χ1) is 12.1. The van der Waals surface area contributed by atoms with E-state index in [1.54, 1.807) is 7.05 Å². The van der Waals surface area contributed by atoms with E-state index in [4.69, 9.17) is 4.74 Å². The van der Waals surface area contributed by atoms with Crippen molar-refractivity contribution in [1.29, 1.82) is 0 Å². The van der Waals surface area contributed by atoms with Crippen molar-refractivity contribution in [2.24, 2.45) is 5.92 Å². The summed E-state index contributed by atoms with van der Waals surface area (Å²) in [5, 5.41) is 2.82. The lowest BCUT2D eigenvalue weighted by atomic mass is 9.73. The lowest BCUT2D eigenvalue weighted by molar-refractivity contribution is -0.137. The molecule has 2 heterocycles. The van der Waals surface area contributed by atoms with E-state index in [0.717, 1.165) is 38.8 Å². The van der Waals surface area contributed by atoms with Crippen molar-refractivity contribution in [2.75, 3.05) is 33.4 Å². The van der Waals surface area contributed by atoms with Crippen LogP contribution in [-0.4, -0.2) is 50.1 Å². The number of hydrogen-bond donors (Lipinski definition) is 1. The maximum absolute atomic E-state index is 12.6. The smallest absolute Gasteiger partial charge is 0.228 e. The number of likely N-dealkylation sites (N-methyl/N-ethyl adjacent to an activating group) is 1. The van der Waals surface area contributed by atoms with Crippen molar-refractivity contribution in [2.45, 2.75) is 37.0 Å². The zero-order valence-electron chi connectivity index (χ0n) is 14.8. The Morgan fingerprint density at radius 2 is 2.00 bits per heavy atom. The Balaban J connectivity index is 1.52. The second-order valence-corrected chi connectivity index (χ2v) is 7.62. The van der Waals surface area contributed by atoms with Gasteiger partial charge in [-0.1, -0.05) is 24.3 Å². The summed E-state index contributed by atoms with van der Waals surface area (Å²) in [4.78, 5) is 27.0. The molecule has 134 valence electrons. The van der Waals surface area contributed by atoms with E-state index in [9.17, 15) is 9.59 Å². The molecular formula is C20H26N2O3. The third-order valence-corrected chi connectivity index (χ3v) is 6.38. The van der Waals surface area contributed by atoms with Gasteiger partial charge in [-0.05, 0) is 36.8 Å². The number of likely N-dealkylation sites (tertiary alicyclic amines) is 1. The third-order valence-electron chi connectivity index (χ3n) is 6.38. The summed E-state index contributed by atoms with van der Waals surface area (Å²) in [5.74, 6) is 0.336. The highest BCUT2D eigenvalue weighted by molar-refractivity contribution is 5.85. The van der Waals surface area contributed by atoms with Gasteiger partial charge in [-0.3, -0.25) is 9.59 Å². The molecule has 1 aliphatic carbocycles. The second kappa shape index (κ2) is 6.45. The van der Waals surface area contributed by atoms with Crippen LogP contribution in [0, 0.1) is 5.92 Å². The summed E-state index contributed by atoms with van der Waals surface area (Å²) < 4.78 is 5.37. The molecule has 25 heavy (non-hydrogen) atoms. The molecule has 0 aromatic heterocycles. The van der Waals surface area contributed by atoms with Gasteiger partial charge < -0.3 is 15.0 Å². The summed E-state index contributed by atoms with van der Waals surface area (Å²) in [6.45, 7) is 2.84. The molecule has 0 bridgehead atoms. The van der Waals surface area contributed by atoms with Gasteiger partial charge in [-0.2, -0.15) is 0 Å². The van der Waals surface area contributed by atoms with Gasteiger partial charge in [0, 0.05) is 32.2 Å². The Hall–Kier alpha value is -1.88. The van der Waals surface area contributed by atoms with Crippen molar-refractivity contribution >= 4 is 11.8 Å². The fraction of sp³-hybridized carbons (Fsp3) is 0.600. The fourth-order valence-electron chi connectivity index (χ4n) is 4.92. The van der Waals surface area contributed by atoms with Crippen molar-refractivity contribution in [3.63, 3.8) is 0 Å². The molecule has 1 aromatic rings. The Bertz CT molecular complexity index is 673. The normalized spacial score (nSPS) is 27.3. The van der Waals surface area contributed by atoms with Gasteiger partial charge in [0.25, 0.3) is 0 Å². The maximum Gasteiger partial charge on any atom is 0.228 e. The van der Waals surface area contributed by atoms with E-state index in [1.165, 1.54) is 11.1 Å². The van der Waals surface area contributed by atoms with Crippen LogP contribution in [0.5, 0.6) is 0 Å².